The van der Waals surface area contributed by atoms with Crippen molar-refractivity contribution < 1.29 is 15.3 Å². The van der Waals surface area contributed by atoms with Gasteiger partial charge in [0.25, 0.3) is 0 Å². The number of nitrogens with one attached hydrogen (secondary N) is 1. The van der Waals surface area contributed by atoms with Crippen molar-refractivity contribution in [3.8, 4) is 0 Å². The molecule has 1 saturated carbocycles. The van der Waals surface area contributed by atoms with Gasteiger partial charge in [0.15, 0.2) is 0 Å². The molecule has 0 bridgehead atoms. The Morgan fingerprint density at radius 1 is 1.11 bits per heavy atom. The third-order valence-corrected chi connectivity index (χ3v) is 5.13. The summed E-state index contributed by atoms with van der Waals surface area (Å²) >= 11 is 12.1. The van der Waals surface area contributed by atoms with Crippen molar-refractivity contribution >= 4 is 47.1 Å². The smallest absolute Gasteiger partial charge is 0.223 e. The number of aliphatic hydroxyl groups excluding tert-OH is 3. The minimum atomic E-state index is -1.05. The highest BCUT2D eigenvalue weighted by molar-refractivity contribution is 6.31. The van der Waals surface area contributed by atoms with E-state index in [9.17, 15) is 15.3 Å². The summed E-state index contributed by atoms with van der Waals surface area (Å²) in [5, 5.41) is 33.4. The molecule has 0 spiro atoms. The van der Waals surface area contributed by atoms with Crippen LogP contribution in [0.5, 0.6) is 0 Å². The lowest BCUT2D eigenvalue weighted by Gasteiger charge is -2.20. The highest BCUT2D eigenvalue weighted by Crippen LogP contribution is 2.31. The zero-order chi connectivity index (χ0) is 19.6. The first-order valence-corrected chi connectivity index (χ1v) is 9.15. The SMILES string of the molecule is Nc1nc(Cl)c(C=Cc2ccc(Cl)cc2)c(N[C@@H]2C[C@H](CO)[C@@H](O)[C@H]2O)n1. The minimum absolute atomic E-state index is 0.0158. The molecule has 0 saturated heterocycles. The largest absolute Gasteiger partial charge is 0.396 e. The van der Waals surface area contributed by atoms with Crippen LogP contribution in [0.4, 0.5) is 11.8 Å². The van der Waals surface area contributed by atoms with Gasteiger partial charge in [-0.3, -0.25) is 0 Å². The van der Waals surface area contributed by atoms with E-state index in [1.165, 1.54) is 0 Å². The van der Waals surface area contributed by atoms with Crippen LogP contribution < -0.4 is 11.1 Å². The van der Waals surface area contributed by atoms with Crippen LogP contribution in [0.25, 0.3) is 12.2 Å². The monoisotopic (exact) mass is 410 g/mol. The Bertz CT molecular complexity index is 832. The lowest BCUT2D eigenvalue weighted by atomic mass is 10.1. The normalized spacial score (nSPS) is 25.2. The topological polar surface area (TPSA) is 125 Å². The molecular weight excluding hydrogens is 391 g/mol. The Hall–Kier alpha value is -1.90. The van der Waals surface area contributed by atoms with Gasteiger partial charge in [-0.2, -0.15) is 4.98 Å². The molecule has 6 N–H and O–H groups in total. The van der Waals surface area contributed by atoms with Gasteiger partial charge in [-0.15, -0.1) is 0 Å². The fourth-order valence-corrected chi connectivity index (χ4v) is 3.46. The summed E-state index contributed by atoms with van der Waals surface area (Å²) < 4.78 is 0. The van der Waals surface area contributed by atoms with Gasteiger partial charge in [-0.25, -0.2) is 4.98 Å². The zero-order valence-corrected chi connectivity index (χ0v) is 15.8. The number of hydrogen-bond donors (Lipinski definition) is 5. The van der Waals surface area contributed by atoms with Crippen LogP contribution in [0.3, 0.4) is 0 Å². The number of benzene rings is 1. The van der Waals surface area contributed by atoms with E-state index in [0.717, 1.165) is 5.56 Å². The van der Waals surface area contributed by atoms with Gasteiger partial charge in [-0.05, 0) is 30.2 Å². The van der Waals surface area contributed by atoms with Crippen molar-refractivity contribution in [2.45, 2.75) is 24.7 Å². The summed E-state index contributed by atoms with van der Waals surface area (Å²) in [4.78, 5) is 8.15. The Morgan fingerprint density at radius 2 is 1.81 bits per heavy atom. The average Bonchev–Trinajstić information content (AvgIpc) is 2.90. The first-order chi connectivity index (χ1) is 12.9. The number of aromatic nitrogens is 2. The lowest BCUT2D eigenvalue weighted by Crippen LogP contribution is -2.35. The molecule has 3 rings (SSSR count). The van der Waals surface area contributed by atoms with Crippen LogP contribution in [0.2, 0.25) is 10.2 Å². The Balaban J connectivity index is 1.88. The zero-order valence-electron chi connectivity index (χ0n) is 14.3. The maximum atomic E-state index is 10.2. The van der Waals surface area contributed by atoms with E-state index in [2.05, 4.69) is 15.3 Å². The predicted molar refractivity (Wildman–Crippen MR) is 106 cm³/mol. The quantitative estimate of drug-likeness (QED) is 0.477. The van der Waals surface area contributed by atoms with E-state index in [4.69, 9.17) is 28.9 Å². The predicted octanol–water partition coefficient (Wildman–Crippen LogP) is 2.05. The molecular formula is C18H20Cl2N4O3. The van der Waals surface area contributed by atoms with Crippen LogP contribution in [0, 0.1) is 5.92 Å². The van der Waals surface area contributed by atoms with Crippen LogP contribution in [-0.4, -0.2) is 50.1 Å². The molecule has 1 aliphatic carbocycles. The van der Waals surface area contributed by atoms with E-state index in [1.54, 1.807) is 18.2 Å². The molecule has 9 heteroatoms. The van der Waals surface area contributed by atoms with E-state index in [-0.39, 0.29) is 17.7 Å². The lowest BCUT2D eigenvalue weighted by molar-refractivity contribution is 0.00445. The summed E-state index contributed by atoms with van der Waals surface area (Å²) in [6.45, 7) is -0.216. The summed E-state index contributed by atoms with van der Waals surface area (Å²) in [6.07, 6.45) is 1.86. The summed E-state index contributed by atoms with van der Waals surface area (Å²) in [5.74, 6) is -0.0920. The Kier molecular flexibility index (Phi) is 6.18. The maximum Gasteiger partial charge on any atom is 0.223 e. The molecule has 0 unspecified atom stereocenters. The molecule has 1 aromatic carbocycles. The van der Waals surface area contributed by atoms with Crippen molar-refractivity contribution in [1.82, 2.24) is 9.97 Å². The summed E-state index contributed by atoms with van der Waals surface area (Å²) in [5.41, 5.74) is 7.10. The number of rotatable bonds is 5. The number of nitrogen functional groups attached to an aromatic ring is 1. The molecule has 27 heavy (non-hydrogen) atoms. The average molecular weight is 411 g/mol. The van der Waals surface area contributed by atoms with Gasteiger partial charge in [0.05, 0.1) is 17.7 Å². The fraction of sp³-hybridized carbons (Fsp3) is 0.333. The van der Waals surface area contributed by atoms with Crippen molar-refractivity contribution in [2.75, 3.05) is 17.7 Å². The highest BCUT2D eigenvalue weighted by atomic mass is 35.5. The molecule has 0 radical (unpaired) electrons. The summed E-state index contributed by atoms with van der Waals surface area (Å²) in [7, 11) is 0. The van der Waals surface area contributed by atoms with E-state index < -0.39 is 24.2 Å². The standard InChI is InChI=1S/C18H20Cl2N4O3/c19-11-4-1-9(2-5-11)3-6-12-16(20)23-18(21)24-17(12)22-13-7-10(8-25)14(26)15(13)27/h1-6,10,13-15,25-27H,7-8H2,(H3,21,22,23,24)/t10-,13-,14-,15+/m1/s1. The summed E-state index contributed by atoms with van der Waals surface area (Å²) in [6, 6.07) is 6.73. The fourth-order valence-electron chi connectivity index (χ4n) is 3.09. The molecule has 1 aliphatic rings. The maximum absolute atomic E-state index is 10.2. The number of nitrogens with two attached hydrogens (primary N) is 1. The van der Waals surface area contributed by atoms with Crippen molar-refractivity contribution in [2.24, 2.45) is 5.92 Å². The van der Waals surface area contributed by atoms with E-state index in [0.29, 0.717) is 22.8 Å². The van der Waals surface area contributed by atoms with Crippen LogP contribution in [-0.2, 0) is 0 Å². The van der Waals surface area contributed by atoms with Crippen LogP contribution >= 0.6 is 23.2 Å². The molecule has 2 aromatic rings. The molecule has 1 aromatic heterocycles. The molecule has 0 amide bonds. The number of aliphatic hydroxyl groups is 3. The van der Waals surface area contributed by atoms with Crippen LogP contribution in [0.1, 0.15) is 17.5 Å². The highest BCUT2D eigenvalue weighted by Gasteiger charge is 2.41. The first kappa shape index (κ1) is 19.9. The molecule has 144 valence electrons. The Morgan fingerprint density at radius 3 is 2.44 bits per heavy atom. The van der Waals surface area contributed by atoms with E-state index in [1.807, 2.05) is 18.2 Å². The second-order valence-corrected chi connectivity index (χ2v) is 7.22. The van der Waals surface area contributed by atoms with Gasteiger partial charge >= 0.3 is 0 Å². The van der Waals surface area contributed by atoms with Crippen molar-refractivity contribution in [1.29, 1.82) is 0 Å². The first-order valence-electron chi connectivity index (χ1n) is 8.39. The molecule has 4 atom stereocenters. The number of nitrogens with zero attached hydrogens (tertiary/aromatic N) is 2. The van der Waals surface area contributed by atoms with Gasteiger partial charge in [0.2, 0.25) is 5.95 Å². The van der Waals surface area contributed by atoms with Gasteiger partial charge in [-0.1, -0.05) is 41.4 Å². The third-order valence-electron chi connectivity index (χ3n) is 4.59. The van der Waals surface area contributed by atoms with Gasteiger partial charge in [0, 0.05) is 17.5 Å². The number of anilines is 2. The second-order valence-electron chi connectivity index (χ2n) is 6.43. The molecule has 7 nitrogen and oxygen atoms in total. The molecule has 0 aliphatic heterocycles. The van der Waals surface area contributed by atoms with Gasteiger partial charge in [0.1, 0.15) is 17.1 Å². The van der Waals surface area contributed by atoms with Crippen molar-refractivity contribution in [3.63, 3.8) is 0 Å². The second kappa shape index (κ2) is 8.41. The molecule has 1 heterocycles. The molecule has 1 fully saturated rings. The number of halogens is 2. The number of hydrogen-bond acceptors (Lipinski definition) is 7. The third kappa shape index (κ3) is 4.51. The van der Waals surface area contributed by atoms with Gasteiger partial charge < -0.3 is 26.4 Å². The minimum Gasteiger partial charge on any atom is -0.396 e. The van der Waals surface area contributed by atoms with Crippen molar-refractivity contribution in [3.05, 3.63) is 45.6 Å². The Labute approximate surface area is 166 Å². The van der Waals surface area contributed by atoms with E-state index >= 15 is 0 Å². The van der Waals surface area contributed by atoms with Crippen LogP contribution in [0.15, 0.2) is 24.3 Å².